The Kier molecular flexibility index (Phi) is 5.57. The van der Waals surface area contributed by atoms with Gasteiger partial charge in [0, 0.05) is 18.1 Å². The van der Waals surface area contributed by atoms with E-state index < -0.39 is 0 Å². The highest BCUT2D eigenvalue weighted by molar-refractivity contribution is 7.81. The van der Waals surface area contributed by atoms with Crippen LogP contribution in [0.3, 0.4) is 0 Å². The highest BCUT2D eigenvalue weighted by Gasteiger charge is 2.22. The molecule has 0 aliphatic carbocycles. The van der Waals surface area contributed by atoms with E-state index in [2.05, 4.69) is 35.9 Å². The standard InChI is InChI=1S/C7H16N2OS2/c1-3-8-6(10)9-7(2,4-11)5-12/h11-12H,3-5H2,1-2H3,(H2,8,9,10). The maximum absolute atomic E-state index is 11.1. The van der Waals surface area contributed by atoms with Crippen LogP contribution < -0.4 is 10.6 Å². The molecule has 0 radical (unpaired) electrons. The Morgan fingerprint density at radius 2 is 1.92 bits per heavy atom. The van der Waals surface area contributed by atoms with Gasteiger partial charge in [0.15, 0.2) is 0 Å². The van der Waals surface area contributed by atoms with Crippen molar-refractivity contribution in [1.82, 2.24) is 10.6 Å². The SMILES string of the molecule is CCNC(=O)NC(C)(CS)CS. The fraction of sp³-hybridized carbons (Fsp3) is 0.857. The van der Waals surface area contributed by atoms with Crippen molar-refractivity contribution in [2.75, 3.05) is 18.1 Å². The van der Waals surface area contributed by atoms with E-state index in [1.165, 1.54) is 0 Å². The lowest BCUT2D eigenvalue weighted by molar-refractivity contribution is 0.233. The molecule has 0 bridgehead atoms. The van der Waals surface area contributed by atoms with Crippen molar-refractivity contribution in [3.63, 3.8) is 0 Å². The average molecular weight is 208 g/mol. The number of urea groups is 1. The number of carbonyl (C=O) groups excluding carboxylic acids is 1. The highest BCUT2D eigenvalue weighted by Crippen LogP contribution is 2.07. The molecule has 0 aliphatic heterocycles. The van der Waals surface area contributed by atoms with Crippen molar-refractivity contribution in [3.05, 3.63) is 0 Å². The Labute approximate surface area is 84.5 Å². The molecule has 0 aromatic heterocycles. The molecule has 0 rings (SSSR count). The van der Waals surface area contributed by atoms with E-state index in [1.54, 1.807) is 0 Å². The van der Waals surface area contributed by atoms with Gasteiger partial charge in [-0.15, -0.1) is 0 Å². The van der Waals surface area contributed by atoms with Gasteiger partial charge in [0.25, 0.3) is 0 Å². The normalized spacial score (nSPS) is 11.0. The smallest absolute Gasteiger partial charge is 0.315 e. The molecule has 3 nitrogen and oxygen atoms in total. The maximum atomic E-state index is 11.1. The number of hydrogen-bond acceptors (Lipinski definition) is 3. The van der Waals surface area contributed by atoms with E-state index >= 15 is 0 Å². The third-order valence-corrected chi connectivity index (χ3v) is 2.85. The van der Waals surface area contributed by atoms with Crippen LogP contribution in [0.4, 0.5) is 4.79 Å². The second-order valence-corrected chi connectivity index (χ2v) is 3.49. The van der Waals surface area contributed by atoms with Crippen molar-refractivity contribution < 1.29 is 4.79 Å². The summed E-state index contributed by atoms with van der Waals surface area (Å²) in [6, 6.07) is -0.164. The third kappa shape index (κ3) is 4.11. The fourth-order valence-electron chi connectivity index (χ4n) is 0.608. The summed E-state index contributed by atoms with van der Waals surface area (Å²) in [7, 11) is 0. The van der Waals surface area contributed by atoms with Gasteiger partial charge in [0.2, 0.25) is 0 Å². The minimum atomic E-state index is -0.328. The number of carbonyl (C=O) groups is 1. The Balaban J connectivity index is 3.93. The third-order valence-electron chi connectivity index (χ3n) is 1.45. The summed E-state index contributed by atoms with van der Waals surface area (Å²) < 4.78 is 0. The maximum Gasteiger partial charge on any atom is 0.315 e. The first kappa shape index (κ1) is 12.0. The molecule has 0 unspecified atom stereocenters. The average Bonchev–Trinajstić information content (AvgIpc) is 2.05. The zero-order chi connectivity index (χ0) is 9.61. The van der Waals surface area contributed by atoms with Gasteiger partial charge in [0.05, 0.1) is 5.54 Å². The zero-order valence-electron chi connectivity index (χ0n) is 7.42. The van der Waals surface area contributed by atoms with Gasteiger partial charge in [-0.1, -0.05) is 0 Å². The summed E-state index contributed by atoms with van der Waals surface area (Å²) in [6.07, 6.45) is 0. The molecule has 0 saturated carbocycles. The molecule has 0 aliphatic rings. The molecule has 5 heteroatoms. The lowest BCUT2D eigenvalue weighted by Crippen LogP contribution is -2.52. The number of nitrogens with one attached hydrogen (secondary N) is 2. The van der Waals surface area contributed by atoms with Crippen molar-refractivity contribution >= 4 is 31.3 Å². The molecule has 0 aromatic carbocycles. The predicted octanol–water partition coefficient (Wildman–Crippen LogP) is 0.924. The molecule has 0 heterocycles. The lowest BCUT2D eigenvalue weighted by Gasteiger charge is -2.26. The fourth-order valence-corrected chi connectivity index (χ4v) is 1.17. The first-order chi connectivity index (χ1) is 5.58. The number of amides is 2. The van der Waals surface area contributed by atoms with Gasteiger partial charge in [0.1, 0.15) is 0 Å². The summed E-state index contributed by atoms with van der Waals surface area (Å²) >= 11 is 8.27. The van der Waals surface area contributed by atoms with Gasteiger partial charge in [-0.3, -0.25) is 0 Å². The summed E-state index contributed by atoms with van der Waals surface area (Å²) in [4.78, 5) is 11.1. The van der Waals surface area contributed by atoms with Crippen LogP contribution in [0.1, 0.15) is 13.8 Å². The molecule has 2 amide bonds. The van der Waals surface area contributed by atoms with Crippen LogP contribution in [0.5, 0.6) is 0 Å². The Morgan fingerprint density at radius 3 is 2.25 bits per heavy atom. The quantitative estimate of drug-likeness (QED) is 0.510. The molecule has 0 atom stereocenters. The largest absolute Gasteiger partial charge is 0.338 e. The van der Waals surface area contributed by atoms with E-state index in [4.69, 9.17) is 0 Å². The molecule has 0 saturated heterocycles. The second-order valence-electron chi connectivity index (χ2n) is 2.86. The highest BCUT2D eigenvalue weighted by atomic mass is 32.1. The van der Waals surface area contributed by atoms with Crippen LogP contribution in [0.15, 0.2) is 0 Å². The van der Waals surface area contributed by atoms with Crippen molar-refractivity contribution in [2.45, 2.75) is 19.4 Å². The zero-order valence-corrected chi connectivity index (χ0v) is 9.21. The topological polar surface area (TPSA) is 41.1 Å². The lowest BCUT2D eigenvalue weighted by atomic mass is 10.1. The van der Waals surface area contributed by atoms with Gasteiger partial charge in [-0.05, 0) is 13.8 Å². The number of hydrogen-bond donors (Lipinski definition) is 4. The Bertz CT molecular complexity index is 148. The first-order valence-corrected chi connectivity index (χ1v) is 5.12. The predicted molar refractivity (Wildman–Crippen MR) is 58.3 cm³/mol. The molecular weight excluding hydrogens is 192 g/mol. The van der Waals surface area contributed by atoms with Crippen LogP contribution in [-0.4, -0.2) is 29.6 Å². The van der Waals surface area contributed by atoms with Gasteiger partial charge < -0.3 is 10.6 Å². The van der Waals surface area contributed by atoms with Crippen molar-refractivity contribution in [2.24, 2.45) is 0 Å². The van der Waals surface area contributed by atoms with Gasteiger partial charge in [-0.2, -0.15) is 25.3 Å². The van der Waals surface area contributed by atoms with E-state index in [0.29, 0.717) is 18.1 Å². The summed E-state index contributed by atoms with van der Waals surface area (Å²) in [5.41, 5.74) is -0.328. The number of rotatable bonds is 4. The van der Waals surface area contributed by atoms with Crippen LogP contribution in [0.2, 0.25) is 0 Å². The monoisotopic (exact) mass is 208 g/mol. The minimum absolute atomic E-state index is 0.164. The van der Waals surface area contributed by atoms with Crippen molar-refractivity contribution in [3.8, 4) is 0 Å². The van der Waals surface area contributed by atoms with Crippen LogP contribution in [0, 0.1) is 0 Å². The molecule has 0 aromatic rings. The molecule has 2 N–H and O–H groups in total. The van der Waals surface area contributed by atoms with Gasteiger partial charge >= 0.3 is 6.03 Å². The molecule has 72 valence electrons. The van der Waals surface area contributed by atoms with Crippen LogP contribution in [0.25, 0.3) is 0 Å². The first-order valence-electron chi connectivity index (χ1n) is 3.85. The van der Waals surface area contributed by atoms with Gasteiger partial charge in [-0.25, -0.2) is 4.79 Å². The molecule has 0 fully saturated rings. The summed E-state index contributed by atoms with van der Waals surface area (Å²) in [5.74, 6) is 1.15. The van der Waals surface area contributed by atoms with E-state index in [9.17, 15) is 4.79 Å². The van der Waals surface area contributed by atoms with Crippen LogP contribution in [-0.2, 0) is 0 Å². The van der Waals surface area contributed by atoms with E-state index in [1.807, 2.05) is 13.8 Å². The van der Waals surface area contributed by atoms with Crippen LogP contribution >= 0.6 is 25.3 Å². The Hall–Kier alpha value is -0.0300. The minimum Gasteiger partial charge on any atom is -0.338 e. The molecular formula is C7H16N2OS2. The van der Waals surface area contributed by atoms with E-state index in [-0.39, 0.29) is 11.6 Å². The molecule has 12 heavy (non-hydrogen) atoms. The Morgan fingerprint density at radius 1 is 1.42 bits per heavy atom. The summed E-state index contributed by atoms with van der Waals surface area (Å²) in [6.45, 7) is 4.40. The molecule has 0 spiro atoms. The van der Waals surface area contributed by atoms with E-state index in [0.717, 1.165) is 0 Å². The summed E-state index contributed by atoms with van der Waals surface area (Å²) in [5, 5.41) is 5.44. The van der Waals surface area contributed by atoms with Crippen molar-refractivity contribution in [1.29, 1.82) is 0 Å². The second kappa shape index (κ2) is 5.59. The number of thiol groups is 2.